The van der Waals surface area contributed by atoms with Crippen LogP contribution in [0.25, 0.3) is 0 Å². The molecule has 2 aromatic carbocycles. The molecule has 2 rings (SSSR count). The molecule has 0 aliphatic carbocycles. The number of carbonyl (C=O) groups is 1. The highest BCUT2D eigenvalue weighted by molar-refractivity contribution is 6.33. The maximum atomic E-state index is 11.4. The van der Waals surface area contributed by atoms with Crippen molar-refractivity contribution >= 4 is 34.8 Å². The average Bonchev–Trinajstić information content (AvgIpc) is 2.38. The molecule has 0 heterocycles. The largest absolute Gasteiger partial charge is 0.486 e. The highest BCUT2D eigenvalue weighted by Gasteiger charge is 2.15. The smallest absolute Gasteiger partial charge is 0.252 e. The first kappa shape index (κ1) is 14.5. The number of halogens is 2. The molecule has 0 atom stereocenters. The normalized spacial score (nSPS) is 10.3. The van der Waals surface area contributed by atoms with E-state index in [0.29, 0.717) is 10.7 Å². The van der Waals surface area contributed by atoms with Gasteiger partial charge in [0.2, 0.25) is 0 Å². The molecule has 0 saturated carbocycles. The summed E-state index contributed by atoms with van der Waals surface area (Å²) in [5.41, 5.74) is 12.2. The van der Waals surface area contributed by atoms with Crippen LogP contribution in [0.4, 0.5) is 5.69 Å². The third kappa shape index (κ3) is 3.15. The number of benzene rings is 2. The van der Waals surface area contributed by atoms with Gasteiger partial charge in [-0.05, 0) is 18.2 Å². The Morgan fingerprint density at radius 2 is 1.85 bits per heavy atom. The molecule has 0 aliphatic rings. The summed E-state index contributed by atoms with van der Waals surface area (Å²) in [5, 5.41) is 0.797. The molecule has 104 valence electrons. The van der Waals surface area contributed by atoms with E-state index in [4.69, 9.17) is 39.4 Å². The Hall–Kier alpha value is -1.91. The summed E-state index contributed by atoms with van der Waals surface area (Å²) in [4.78, 5) is 11.4. The lowest BCUT2D eigenvalue weighted by Gasteiger charge is -2.13. The van der Waals surface area contributed by atoms with E-state index in [-0.39, 0.29) is 22.9 Å². The molecule has 1 amide bonds. The molecule has 4 N–H and O–H groups in total. The molecule has 0 spiro atoms. The van der Waals surface area contributed by atoms with E-state index in [9.17, 15) is 4.79 Å². The molecular weight excluding hydrogens is 299 g/mol. The molecule has 0 bridgehead atoms. The second-order valence-electron chi connectivity index (χ2n) is 4.12. The number of amides is 1. The molecule has 0 saturated heterocycles. The Bertz CT molecular complexity index is 660. The molecule has 20 heavy (non-hydrogen) atoms. The zero-order chi connectivity index (χ0) is 14.7. The van der Waals surface area contributed by atoms with Crippen molar-refractivity contribution in [3.05, 3.63) is 57.6 Å². The number of primary amides is 1. The minimum absolute atomic E-state index is 0.141. The zero-order valence-electron chi connectivity index (χ0n) is 10.4. The first-order valence-corrected chi connectivity index (χ1v) is 6.49. The van der Waals surface area contributed by atoms with E-state index in [1.165, 1.54) is 12.1 Å². The van der Waals surface area contributed by atoms with E-state index in [2.05, 4.69) is 0 Å². The first-order chi connectivity index (χ1) is 9.49. The molecule has 2 aromatic rings. The highest BCUT2D eigenvalue weighted by Crippen LogP contribution is 2.32. The third-order valence-electron chi connectivity index (χ3n) is 2.66. The van der Waals surface area contributed by atoms with Crippen LogP contribution in [0.3, 0.4) is 0 Å². The molecule has 0 aromatic heterocycles. The molecular formula is C14H12Cl2N2O2. The van der Waals surface area contributed by atoms with E-state index >= 15 is 0 Å². The van der Waals surface area contributed by atoms with Gasteiger partial charge in [-0.3, -0.25) is 4.79 Å². The van der Waals surface area contributed by atoms with Crippen LogP contribution in [-0.2, 0) is 6.61 Å². The van der Waals surface area contributed by atoms with Gasteiger partial charge in [0.05, 0.1) is 10.6 Å². The standard InChI is InChI=1S/C14H12Cl2N2O2/c15-11-4-2-1-3-8(11)7-20-13-10(14(18)19)5-9(17)6-12(13)16/h1-6H,7,17H2,(H2,18,19). The lowest BCUT2D eigenvalue weighted by molar-refractivity contribution is 0.0996. The Labute approximate surface area is 126 Å². The van der Waals surface area contributed by atoms with Gasteiger partial charge in [0.25, 0.3) is 5.91 Å². The number of rotatable bonds is 4. The predicted octanol–water partition coefficient (Wildman–Crippen LogP) is 3.25. The number of carbonyl (C=O) groups excluding carboxylic acids is 1. The lowest BCUT2D eigenvalue weighted by Crippen LogP contribution is -2.14. The van der Waals surface area contributed by atoms with Gasteiger partial charge in [0.15, 0.2) is 5.75 Å². The summed E-state index contributed by atoms with van der Waals surface area (Å²) < 4.78 is 5.58. The number of anilines is 1. The first-order valence-electron chi connectivity index (χ1n) is 5.74. The van der Waals surface area contributed by atoms with E-state index < -0.39 is 5.91 Å². The van der Waals surface area contributed by atoms with Crippen molar-refractivity contribution in [2.75, 3.05) is 5.73 Å². The molecule has 0 unspecified atom stereocenters. The third-order valence-corrected chi connectivity index (χ3v) is 3.31. The minimum Gasteiger partial charge on any atom is -0.486 e. The Balaban J connectivity index is 2.30. The summed E-state index contributed by atoms with van der Waals surface area (Å²) in [6.07, 6.45) is 0. The quantitative estimate of drug-likeness (QED) is 0.851. The van der Waals surface area contributed by atoms with Gasteiger partial charge in [-0.15, -0.1) is 0 Å². The van der Waals surface area contributed by atoms with E-state index in [1.807, 2.05) is 18.2 Å². The van der Waals surface area contributed by atoms with E-state index in [1.54, 1.807) is 6.07 Å². The lowest BCUT2D eigenvalue weighted by atomic mass is 10.1. The average molecular weight is 311 g/mol. The SMILES string of the molecule is NC(=O)c1cc(N)cc(Cl)c1OCc1ccccc1Cl. The summed E-state index contributed by atoms with van der Waals surface area (Å²) in [7, 11) is 0. The van der Waals surface area contributed by atoms with Crippen molar-refractivity contribution in [1.29, 1.82) is 0 Å². The number of ether oxygens (including phenoxy) is 1. The summed E-state index contributed by atoms with van der Waals surface area (Å²) in [6.45, 7) is 0.170. The molecule has 4 nitrogen and oxygen atoms in total. The number of hydrogen-bond acceptors (Lipinski definition) is 3. The number of nitrogen functional groups attached to an aromatic ring is 1. The van der Waals surface area contributed by atoms with Gasteiger partial charge in [0.1, 0.15) is 6.61 Å². The predicted molar refractivity (Wildman–Crippen MR) is 80.2 cm³/mol. The maximum Gasteiger partial charge on any atom is 0.252 e. The maximum absolute atomic E-state index is 11.4. The van der Waals surface area contributed by atoms with Crippen LogP contribution < -0.4 is 16.2 Å². The van der Waals surface area contributed by atoms with Crippen LogP contribution >= 0.6 is 23.2 Å². The monoisotopic (exact) mass is 310 g/mol. The van der Waals surface area contributed by atoms with Crippen LogP contribution in [-0.4, -0.2) is 5.91 Å². The van der Waals surface area contributed by atoms with Gasteiger partial charge >= 0.3 is 0 Å². The molecule has 0 aliphatic heterocycles. The van der Waals surface area contributed by atoms with Crippen LogP contribution in [0, 0.1) is 0 Å². The van der Waals surface area contributed by atoms with Crippen molar-refractivity contribution in [3.63, 3.8) is 0 Å². The minimum atomic E-state index is -0.659. The van der Waals surface area contributed by atoms with Gasteiger partial charge in [0, 0.05) is 16.3 Å². The summed E-state index contributed by atoms with van der Waals surface area (Å²) >= 11 is 12.1. The van der Waals surface area contributed by atoms with Crippen LogP contribution in [0.1, 0.15) is 15.9 Å². The van der Waals surface area contributed by atoms with Crippen molar-refractivity contribution < 1.29 is 9.53 Å². The fraction of sp³-hybridized carbons (Fsp3) is 0.0714. The van der Waals surface area contributed by atoms with Crippen molar-refractivity contribution in [3.8, 4) is 5.75 Å². The Morgan fingerprint density at radius 3 is 2.50 bits per heavy atom. The van der Waals surface area contributed by atoms with Crippen LogP contribution in [0.5, 0.6) is 5.75 Å². The number of hydrogen-bond donors (Lipinski definition) is 2. The van der Waals surface area contributed by atoms with Gasteiger partial charge in [-0.2, -0.15) is 0 Å². The highest BCUT2D eigenvalue weighted by atomic mass is 35.5. The van der Waals surface area contributed by atoms with Gasteiger partial charge in [-0.25, -0.2) is 0 Å². The second-order valence-corrected chi connectivity index (χ2v) is 4.94. The Kier molecular flexibility index (Phi) is 4.37. The van der Waals surface area contributed by atoms with Crippen LogP contribution in [0.15, 0.2) is 36.4 Å². The fourth-order valence-corrected chi connectivity index (χ4v) is 2.18. The van der Waals surface area contributed by atoms with Crippen molar-refractivity contribution in [1.82, 2.24) is 0 Å². The Morgan fingerprint density at radius 1 is 1.15 bits per heavy atom. The van der Waals surface area contributed by atoms with E-state index in [0.717, 1.165) is 5.56 Å². The van der Waals surface area contributed by atoms with Crippen molar-refractivity contribution in [2.45, 2.75) is 6.61 Å². The molecule has 0 radical (unpaired) electrons. The second kappa shape index (κ2) is 6.03. The molecule has 0 fully saturated rings. The van der Waals surface area contributed by atoms with Crippen molar-refractivity contribution in [2.24, 2.45) is 5.73 Å². The number of nitrogens with two attached hydrogens (primary N) is 2. The van der Waals surface area contributed by atoms with Gasteiger partial charge < -0.3 is 16.2 Å². The van der Waals surface area contributed by atoms with Gasteiger partial charge in [-0.1, -0.05) is 41.4 Å². The van der Waals surface area contributed by atoms with Crippen LogP contribution in [0.2, 0.25) is 10.0 Å². The molecule has 6 heteroatoms. The summed E-state index contributed by atoms with van der Waals surface area (Å²) in [5.74, 6) is -0.457. The topological polar surface area (TPSA) is 78.3 Å². The fourth-order valence-electron chi connectivity index (χ4n) is 1.71. The zero-order valence-corrected chi connectivity index (χ0v) is 11.9. The summed E-state index contributed by atoms with van der Waals surface area (Å²) in [6, 6.07) is 10.1.